The Kier molecular flexibility index (Phi) is 4.88. The molecule has 120 valence electrons. The second-order valence-electron chi connectivity index (χ2n) is 5.20. The van der Waals surface area contributed by atoms with Gasteiger partial charge < -0.3 is 15.2 Å². The third kappa shape index (κ3) is 3.21. The molecular weight excluding hydrogens is 308 g/mol. The van der Waals surface area contributed by atoms with E-state index in [0.29, 0.717) is 6.54 Å². The maximum atomic E-state index is 5.61. The van der Waals surface area contributed by atoms with Crippen molar-refractivity contribution in [2.45, 2.75) is 11.3 Å². The van der Waals surface area contributed by atoms with Crippen LogP contribution in [0.15, 0.2) is 41.3 Å². The van der Waals surface area contributed by atoms with Crippen LogP contribution in [0.3, 0.4) is 0 Å². The zero-order valence-corrected chi connectivity index (χ0v) is 14.2. The number of pyridine rings is 1. The van der Waals surface area contributed by atoms with Crippen LogP contribution in [-0.4, -0.2) is 31.5 Å². The number of nitrogens with zero attached hydrogens (tertiary/aromatic N) is 1. The molecule has 0 amide bonds. The van der Waals surface area contributed by atoms with E-state index < -0.39 is 0 Å². The van der Waals surface area contributed by atoms with Crippen LogP contribution in [-0.2, 0) is 0 Å². The third-order valence-corrected chi connectivity index (χ3v) is 4.93. The van der Waals surface area contributed by atoms with E-state index in [-0.39, 0.29) is 0 Å². The van der Waals surface area contributed by atoms with E-state index in [4.69, 9.17) is 20.2 Å². The maximum Gasteiger partial charge on any atom is 0.133 e. The zero-order chi connectivity index (χ0) is 16.2. The van der Waals surface area contributed by atoms with E-state index in [0.717, 1.165) is 50.4 Å². The van der Waals surface area contributed by atoms with Gasteiger partial charge in [-0.25, -0.2) is 4.98 Å². The van der Waals surface area contributed by atoms with Crippen molar-refractivity contribution in [2.75, 3.05) is 26.5 Å². The Hall–Kier alpha value is -1.98. The van der Waals surface area contributed by atoms with Crippen LogP contribution in [0, 0.1) is 0 Å². The third-order valence-electron chi connectivity index (χ3n) is 3.73. The first-order valence-electron chi connectivity index (χ1n) is 7.55. The number of fused-ring (bicyclic) bond motifs is 2. The lowest BCUT2D eigenvalue weighted by atomic mass is 10.1. The van der Waals surface area contributed by atoms with E-state index in [1.165, 1.54) is 0 Å². The number of methoxy groups -OCH3 is 2. The van der Waals surface area contributed by atoms with Crippen LogP contribution < -0.4 is 15.2 Å². The smallest absolute Gasteiger partial charge is 0.133 e. The summed E-state index contributed by atoms with van der Waals surface area (Å²) in [6.45, 7) is 0.693. The Bertz CT molecular complexity index is 836. The van der Waals surface area contributed by atoms with Crippen LogP contribution in [0.5, 0.6) is 11.5 Å². The zero-order valence-electron chi connectivity index (χ0n) is 13.3. The second kappa shape index (κ2) is 7.06. The molecule has 0 radical (unpaired) electrons. The summed E-state index contributed by atoms with van der Waals surface area (Å²) in [4.78, 5) is 5.89. The highest BCUT2D eigenvalue weighted by molar-refractivity contribution is 7.99. The van der Waals surface area contributed by atoms with Gasteiger partial charge in [0.1, 0.15) is 11.5 Å². The van der Waals surface area contributed by atoms with E-state index in [9.17, 15) is 0 Å². The van der Waals surface area contributed by atoms with Gasteiger partial charge in [0.15, 0.2) is 0 Å². The Morgan fingerprint density at radius 3 is 2.61 bits per heavy atom. The van der Waals surface area contributed by atoms with Crippen LogP contribution in [0.25, 0.3) is 21.8 Å². The molecule has 3 rings (SSSR count). The molecule has 1 aromatic heterocycles. The Balaban J connectivity index is 2.17. The monoisotopic (exact) mass is 328 g/mol. The minimum atomic E-state index is 0.693. The topological polar surface area (TPSA) is 57.4 Å². The average Bonchev–Trinajstić information content (AvgIpc) is 2.59. The number of thioether (sulfide) groups is 1. The fourth-order valence-electron chi connectivity index (χ4n) is 2.54. The predicted octanol–water partition coefficient (Wildman–Crippen LogP) is 3.85. The molecule has 1 heterocycles. The van der Waals surface area contributed by atoms with Crippen molar-refractivity contribution in [2.24, 2.45) is 5.73 Å². The molecule has 0 aliphatic heterocycles. The van der Waals surface area contributed by atoms with Gasteiger partial charge in [-0.05, 0) is 55.1 Å². The Labute approximate surface area is 140 Å². The normalized spacial score (nSPS) is 11.1. The number of hydrogen-bond acceptors (Lipinski definition) is 5. The van der Waals surface area contributed by atoms with Crippen LogP contribution >= 0.6 is 11.8 Å². The quantitative estimate of drug-likeness (QED) is 0.423. The van der Waals surface area contributed by atoms with Gasteiger partial charge in [0.2, 0.25) is 0 Å². The summed E-state index contributed by atoms with van der Waals surface area (Å²) in [6, 6.07) is 12.1. The summed E-state index contributed by atoms with van der Waals surface area (Å²) in [7, 11) is 3.37. The van der Waals surface area contributed by atoms with Gasteiger partial charge in [-0.2, -0.15) is 0 Å². The fourth-order valence-corrected chi connectivity index (χ4v) is 3.66. The number of hydrogen-bond donors (Lipinski definition) is 1. The van der Waals surface area contributed by atoms with Gasteiger partial charge in [-0.15, -0.1) is 11.8 Å². The lowest BCUT2D eigenvalue weighted by molar-refractivity contribution is 0.406. The minimum Gasteiger partial charge on any atom is -0.497 e. The van der Waals surface area contributed by atoms with Crippen molar-refractivity contribution in [3.8, 4) is 11.5 Å². The summed E-state index contributed by atoms with van der Waals surface area (Å²) in [5, 5.41) is 2.16. The van der Waals surface area contributed by atoms with E-state index >= 15 is 0 Å². The first-order valence-corrected chi connectivity index (χ1v) is 8.53. The summed E-state index contributed by atoms with van der Waals surface area (Å²) >= 11 is 1.77. The second-order valence-corrected chi connectivity index (χ2v) is 6.31. The van der Waals surface area contributed by atoms with E-state index in [1.54, 1.807) is 26.0 Å². The minimum absolute atomic E-state index is 0.693. The summed E-state index contributed by atoms with van der Waals surface area (Å²) in [5.41, 5.74) is 7.54. The largest absolute Gasteiger partial charge is 0.497 e. The van der Waals surface area contributed by atoms with Crippen LogP contribution in [0.2, 0.25) is 0 Å². The molecule has 2 N–H and O–H groups in total. The number of benzene rings is 2. The number of aromatic nitrogens is 1. The first-order chi connectivity index (χ1) is 11.3. The summed E-state index contributed by atoms with van der Waals surface area (Å²) in [6.07, 6.45) is 0.971. The maximum absolute atomic E-state index is 5.61. The van der Waals surface area contributed by atoms with Gasteiger partial charge in [0.05, 0.1) is 30.1 Å². The summed E-state index contributed by atoms with van der Waals surface area (Å²) < 4.78 is 10.9. The van der Waals surface area contributed by atoms with Gasteiger partial charge in [0, 0.05) is 10.8 Å². The molecule has 0 bridgehead atoms. The molecule has 5 heteroatoms. The SMILES string of the molecule is COc1ccc2nc3ccc(OC)c(SCCCN)c3cc2c1. The summed E-state index contributed by atoms with van der Waals surface area (Å²) in [5.74, 6) is 2.67. The Morgan fingerprint density at radius 2 is 1.87 bits per heavy atom. The molecule has 0 saturated carbocycles. The van der Waals surface area contributed by atoms with Gasteiger partial charge >= 0.3 is 0 Å². The molecule has 0 fully saturated rings. The van der Waals surface area contributed by atoms with Gasteiger partial charge in [0.25, 0.3) is 0 Å². The van der Waals surface area contributed by atoms with E-state index in [2.05, 4.69) is 6.07 Å². The van der Waals surface area contributed by atoms with Crippen molar-refractivity contribution >= 4 is 33.6 Å². The molecule has 2 aromatic carbocycles. The predicted molar refractivity (Wildman–Crippen MR) is 96.7 cm³/mol. The van der Waals surface area contributed by atoms with Crippen molar-refractivity contribution in [3.05, 3.63) is 36.4 Å². The average molecular weight is 328 g/mol. The highest BCUT2D eigenvalue weighted by Crippen LogP contribution is 2.37. The molecule has 0 aliphatic rings. The molecule has 3 aromatic rings. The van der Waals surface area contributed by atoms with Crippen molar-refractivity contribution < 1.29 is 9.47 Å². The van der Waals surface area contributed by atoms with Crippen molar-refractivity contribution in [3.63, 3.8) is 0 Å². The van der Waals surface area contributed by atoms with Crippen LogP contribution in [0.4, 0.5) is 0 Å². The molecule has 0 spiro atoms. The van der Waals surface area contributed by atoms with E-state index in [1.807, 2.05) is 30.3 Å². The highest BCUT2D eigenvalue weighted by atomic mass is 32.2. The molecule has 4 nitrogen and oxygen atoms in total. The highest BCUT2D eigenvalue weighted by Gasteiger charge is 2.11. The first kappa shape index (κ1) is 15.9. The van der Waals surface area contributed by atoms with Crippen molar-refractivity contribution in [1.29, 1.82) is 0 Å². The standard InChI is InChI=1S/C18H20N2O2S/c1-21-13-4-5-15-12(10-13)11-14-16(20-15)6-7-17(22-2)18(14)23-9-3-8-19/h4-7,10-11H,3,8-9,19H2,1-2H3. The lowest BCUT2D eigenvalue weighted by Crippen LogP contribution is -1.99. The number of ether oxygens (including phenoxy) is 2. The van der Waals surface area contributed by atoms with Gasteiger partial charge in [-0.1, -0.05) is 0 Å². The molecule has 0 unspecified atom stereocenters. The molecule has 23 heavy (non-hydrogen) atoms. The number of rotatable bonds is 6. The van der Waals surface area contributed by atoms with Gasteiger partial charge in [-0.3, -0.25) is 0 Å². The molecule has 0 aliphatic carbocycles. The fraction of sp³-hybridized carbons (Fsp3) is 0.278. The van der Waals surface area contributed by atoms with Crippen LogP contribution in [0.1, 0.15) is 6.42 Å². The van der Waals surface area contributed by atoms with Crippen molar-refractivity contribution in [1.82, 2.24) is 4.98 Å². The Morgan fingerprint density at radius 1 is 1.04 bits per heavy atom. The molecule has 0 atom stereocenters. The molecule has 0 saturated heterocycles. The molecular formula is C18H20N2O2S. The number of nitrogens with two attached hydrogens (primary N) is 1. The lowest BCUT2D eigenvalue weighted by Gasteiger charge is -2.12.